The molecule has 0 aliphatic rings. The largest absolute Gasteiger partial charge is 0.508 e. The summed E-state index contributed by atoms with van der Waals surface area (Å²) in [6.07, 6.45) is 2.90. The number of nitrogens with zero attached hydrogens (tertiary/aromatic N) is 1. The Balaban J connectivity index is 2.25. The normalized spacial score (nSPS) is 10.0. The summed E-state index contributed by atoms with van der Waals surface area (Å²) in [6.45, 7) is 0. The quantitative estimate of drug-likeness (QED) is 0.638. The first-order valence-corrected chi connectivity index (χ1v) is 5.11. The topological polar surface area (TPSA) is 108 Å². The Labute approximate surface area is 103 Å². The molecule has 0 saturated heterocycles. The third kappa shape index (κ3) is 2.32. The molecule has 1 amide bonds. The highest BCUT2D eigenvalue weighted by atomic mass is 16.3. The van der Waals surface area contributed by atoms with Gasteiger partial charge in [-0.1, -0.05) is 0 Å². The van der Waals surface area contributed by atoms with Crippen LogP contribution >= 0.6 is 0 Å². The minimum absolute atomic E-state index is 0.0454. The molecular formula is C12H11N3O3. The van der Waals surface area contributed by atoms with Gasteiger partial charge in [0.05, 0.1) is 23.1 Å². The molecule has 92 valence electrons. The third-order valence-corrected chi connectivity index (χ3v) is 2.33. The van der Waals surface area contributed by atoms with Gasteiger partial charge in [0.25, 0.3) is 5.91 Å². The highest BCUT2D eigenvalue weighted by molar-refractivity contribution is 6.07. The van der Waals surface area contributed by atoms with Crippen molar-refractivity contribution in [3.05, 3.63) is 42.2 Å². The van der Waals surface area contributed by atoms with Gasteiger partial charge in [0, 0.05) is 12.3 Å². The number of nitrogen functional groups attached to an aromatic ring is 1. The molecule has 6 heteroatoms. The number of hydrogen-bond donors (Lipinski definition) is 4. The number of benzene rings is 1. The van der Waals surface area contributed by atoms with Gasteiger partial charge in [-0.3, -0.25) is 9.78 Å². The number of carbonyl (C=O) groups is 1. The number of aromatic nitrogens is 1. The van der Waals surface area contributed by atoms with Gasteiger partial charge >= 0.3 is 0 Å². The zero-order valence-electron chi connectivity index (χ0n) is 9.29. The van der Waals surface area contributed by atoms with Crippen molar-refractivity contribution in [2.75, 3.05) is 11.1 Å². The summed E-state index contributed by atoms with van der Waals surface area (Å²) in [5.74, 6) is -0.946. The molecule has 6 nitrogen and oxygen atoms in total. The number of hydrogen-bond acceptors (Lipinski definition) is 5. The van der Waals surface area contributed by atoms with Gasteiger partial charge in [-0.15, -0.1) is 0 Å². The molecule has 1 heterocycles. The second-order valence-electron chi connectivity index (χ2n) is 3.62. The Kier molecular flexibility index (Phi) is 3.01. The molecule has 0 aliphatic carbocycles. The molecule has 0 fully saturated rings. The van der Waals surface area contributed by atoms with E-state index in [-0.39, 0.29) is 17.1 Å². The molecule has 2 rings (SSSR count). The van der Waals surface area contributed by atoms with Crippen LogP contribution in [0.25, 0.3) is 0 Å². The van der Waals surface area contributed by atoms with E-state index in [0.717, 1.165) is 6.07 Å². The van der Waals surface area contributed by atoms with E-state index in [1.54, 1.807) is 6.07 Å². The lowest BCUT2D eigenvalue weighted by atomic mass is 10.1. The number of pyridine rings is 1. The molecule has 5 N–H and O–H groups in total. The fraction of sp³-hybridized carbons (Fsp3) is 0. The average Bonchev–Trinajstić information content (AvgIpc) is 2.32. The van der Waals surface area contributed by atoms with Crippen molar-refractivity contribution in [1.82, 2.24) is 4.98 Å². The predicted octanol–water partition coefficient (Wildman–Crippen LogP) is 1.33. The molecule has 18 heavy (non-hydrogen) atoms. The number of nitrogens with one attached hydrogen (secondary N) is 1. The van der Waals surface area contributed by atoms with Crippen molar-refractivity contribution >= 4 is 17.3 Å². The number of nitrogens with two attached hydrogens (primary N) is 1. The Morgan fingerprint density at radius 1 is 1.28 bits per heavy atom. The third-order valence-electron chi connectivity index (χ3n) is 2.33. The van der Waals surface area contributed by atoms with Crippen molar-refractivity contribution in [2.45, 2.75) is 0 Å². The maximum atomic E-state index is 11.9. The second kappa shape index (κ2) is 4.62. The molecule has 0 saturated carbocycles. The fourth-order valence-electron chi connectivity index (χ4n) is 1.42. The number of amides is 1. The highest BCUT2D eigenvalue weighted by Crippen LogP contribution is 2.24. The molecule has 0 atom stereocenters. The van der Waals surface area contributed by atoms with Gasteiger partial charge in [-0.05, 0) is 18.2 Å². The molecule has 0 radical (unpaired) electrons. The number of phenolic OH excluding ortho intramolecular Hbond substituents is 2. The van der Waals surface area contributed by atoms with Crippen LogP contribution in [0.4, 0.5) is 11.4 Å². The molecule has 1 aromatic carbocycles. The summed E-state index contributed by atoms with van der Waals surface area (Å²) in [6, 6.07) is 5.26. The molecule has 0 spiro atoms. The lowest BCUT2D eigenvalue weighted by Crippen LogP contribution is -2.13. The fourth-order valence-corrected chi connectivity index (χ4v) is 1.42. The van der Waals surface area contributed by atoms with E-state index in [4.69, 9.17) is 10.8 Å². The molecule has 0 bridgehead atoms. The minimum atomic E-state index is -0.523. The maximum Gasteiger partial charge on any atom is 0.259 e. The number of aromatic hydroxyl groups is 2. The van der Waals surface area contributed by atoms with Gasteiger partial charge < -0.3 is 21.3 Å². The van der Waals surface area contributed by atoms with Crippen molar-refractivity contribution in [3.63, 3.8) is 0 Å². The van der Waals surface area contributed by atoms with Crippen molar-refractivity contribution in [3.8, 4) is 11.5 Å². The zero-order chi connectivity index (χ0) is 13.1. The van der Waals surface area contributed by atoms with E-state index in [2.05, 4.69) is 10.3 Å². The van der Waals surface area contributed by atoms with Crippen LogP contribution in [0.1, 0.15) is 10.4 Å². The Morgan fingerprint density at radius 3 is 2.72 bits per heavy atom. The zero-order valence-corrected chi connectivity index (χ0v) is 9.29. The van der Waals surface area contributed by atoms with Crippen molar-refractivity contribution in [2.24, 2.45) is 0 Å². The summed E-state index contributed by atoms with van der Waals surface area (Å²) >= 11 is 0. The van der Waals surface area contributed by atoms with Crippen LogP contribution in [0.15, 0.2) is 36.7 Å². The van der Waals surface area contributed by atoms with Crippen LogP contribution in [0.5, 0.6) is 11.5 Å². The van der Waals surface area contributed by atoms with Gasteiger partial charge in [0.1, 0.15) is 11.5 Å². The van der Waals surface area contributed by atoms with E-state index in [1.807, 2.05) is 0 Å². The van der Waals surface area contributed by atoms with Crippen LogP contribution in [-0.4, -0.2) is 21.1 Å². The monoisotopic (exact) mass is 245 g/mol. The number of anilines is 2. The van der Waals surface area contributed by atoms with Gasteiger partial charge in [-0.2, -0.15) is 0 Å². The van der Waals surface area contributed by atoms with E-state index in [1.165, 1.54) is 24.5 Å². The highest BCUT2D eigenvalue weighted by Gasteiger charge is 2.12. The number of rotatable bonds is 2. The smallest absolute Gasteiger partial charge is 0.259 e. The molecular weight excluding hydrogens is 234 g/mol. The lowest BCUT2D eigenvalue weighted by molar-refractivity contribution is 0.102. The first-order chi connectivity index (χ1) is 8.58. The van der Waals surface area contributed by atoms with Gasteiger partial charge in [0.2, 0.25) is 0 Å². The number of phenols is 2. The summed E-state index contributed by atoms with van der Waals surface area (Å²) in [5.41, 5.74) is 6.40. The first kappa shape index (κ1) is 11.7. The SMILES string of the molecule is Nc1cnccc1NC(=O)c1ccc(O)cc1O. The van der Waals surface area contributed by atoms with Crippen molar-refractivity contribution < 1.29 is 15.0 Å². The average molecular weight is 245 g/mol. The lowest BCUT2D eigenvalue weighted by Gasteiger charge is -2.08. The molecule has 2 aromatic rings. The minimum Gasteiger partial charge on any atom is -0.508 e. The van der Waals surface area contributed by atoms with Crippen LogP contribution in [0, 0.1) is 0 Å². The van der Waals surface area contributed by atoms with Gasteiger partial charge in [0.15, 0.2) is 0 Å². The molecule has 0 unspecified atom stereocenters. The summed E-state index contributed by atoms with van der Waals surface area (Å²) in [7, 11) is 0. The summed E-state index contributed by atoms with van der Waals surface area (Å²) in [5, 5.41) is 21.2. The Morgan fingerprint density at radius 2 is 2.06 bits per heavy atom. The van der Waals surface area contributed by atoms with Crippen LogP contribution in [-0.2, 0) is 0 Å². The second-order valence-corrected chi connectivity index (χ2v) is 3.62. The molecule has 0 aliphatic heterocycles. The summed E-state index contributed by atoms with van der Waals surface area (Å²) in [4.78, 5) is 15.7. The van der Waals surface area contributed by atoms with E-state index in [9.17, 15) is 9.90 Å². The number of carbonyl (C=O) groups excluding carboxylic acids is 1. The van der Waals surface area contributed by atoms with Crippen LogP contribution in [0.3, 0.4) is 0 Å². The van der Waals surface area contributed by atoms with Crippen LogP contribution in [0.2, 0.25) is 0 Å². The Hall–Kier alpha value is -2.76. The standard InChI is InChI=1S/C12H11N3O3/c13-9-6-14-4-3-10(9)15-12(18)8-2-1-7(16)5-11(8)17/h1-6,16-17H,13H2,(H,14,15,18). The van der Waals surface area contributed by atoms with Crippen LogP contribution < -0.4 is 11.1 Å². The molecule has 1 aromatic heterocycles. The Bertz CT molecular complexity index is 599. The van der Waals surface area contributed by atoms with E-state index < -0.39 is 5.91 Å². The first-order valence-electron chi connectivity index (χ1n) is 5.11. The van der Waals surface area contributed by atoms with Gasteiger partial charge in [-0.25, -0.2) is 0 Å². The maximum absolute atomic E-state index is 11.9. The van der Waals surface area contributed by atoms with Crippen molar-refractivity contribution in [1.29, 1.82) is 0 Å². The van der Waals surface area contributed by atoms with E-state index in [0.29, 0.717) is 11.4 Å². The predicted molar refractivity (Wildman–Crippen MR) is 66.4 cm³/mol. The van der Waals surface area contributed by atoms with E-state index >= 15 is 0 Å². The summed E-state index contributed by atoms with van der Waals surface area (Å²) < 4.78 is 0.